The second kappa shape index (κ2) is 13.9. The Labute approximate surface area is 133 Å². The molecule has 0 aliphatic heterocycles. The van der Waals surface area contributed by atoms with Crippen molar-refractivity contribution in [3.63, 3.8) is 0 Å². The first-order chi connectivity index (χ1) is 10.2. The molecule has 0 spiro atoms. The standard InChI is InChI=1S/C12H16O3.C5H11Cl/c1-2-15-12(14)11(13)9-8-10-6-4-3-5-7-10;1-2-3-4-5-6/h3-7,11,13H,2,8-9H2,1H3;2-5H2,1H3. The van der Waals surface area contributed by atoms with Gasteiger partial charge in [0, 0.05) is 5.88 Å². The van der Waals surface area contributed by atoms with Crippen molar-refractivity contribution in [2.45, 2.75) is 52.1 Å². The number of benzene rings is 1. The smallest absolute Gasteiger partial charge is 0.334 e. The summed E-state index contributed by atoms with van der Waals surface area (Å²) in [5.74, 6) is 0.293. The fourth-order valence-electron chi connectivity index (χ4n) is 1.65. The van der Waals surface area contributed by atoms with E-state index in [2.05, 4.69) is 6.92 Å². The van der Waals surface area contributed by atoms with Crippen LogP contribution in [0.15, 0.2) is 30.3 Å². The van der Waals surface area contributed by atoms with Gasteiger partial charge < -0.3 is 9.84 Å². The lowest BCUT2D eigenvalue weighted by Gasteiger charge is -2.09. The molecule has 0 saturated heterocycles. The molecule has 4 heteroatoms. The maximum Gasteiger partial charge on any atom is 0.334 e. The molecule has 1 rings (SSSR count). The maximum atomic E-state index is 11.1. The van der Waals surface area contributed by atoms with Crippen molar-refractivity contribution in [3.05, 3.63) is 35.9 Å². The van der Waals surface area contributed by atoms with Gasteiger partial charge in [0.05, 0.1) is 6.61 Å². The average Bonchev–Trinajstić information content (AvgIpc) is 2.52. The molecule has 1 atom stereocenters. The summed E-state index contributed by atoms with van der Waals surface area (Å²) in [6.45, 7) is 4.20. The Kier molecular flexibility index (Phi) is 13.2. The summed E-state index contributed by atoms with van der Waals surface area (Å²) in [7, 11) is 0. The molecule has 0 aliphatic rings. The molecule has 0 radical (unpaired) electrons. The van der Waals surface area contributed by atoms with Crippen LogP contribution in [-0.2, 0) is 16.0 Å². The number of ether oxygens (including phenoxy) is 1. The van der Waals surface area contributed by atoms with Crippen LogP contribution < -0.4 is 0 Å². The Morgan fingerprint density at radius 3 is 2.38 bits per heavy atom. The Hall–Kier alpha value is -1.06. The van der Waals surface area contributed by atoms with Crippen LogP contribution in [0.25, 0.3) is 0 Å². The van der Waals surface area contributed by atoms with Gasteiger partial charge >= 0.3 is 5.97 Å². The van der Waals surface area contributed by atoms with E-state index in [0.29, 0.717) is 19.4 Å². The third-order valence-electron chi connectivity index (χ3n) is 2.85. The summed E-state index contributed by atoms with van der Waals surface area (Å²) >= 11 is 5.38. The lowest BCUT2D eigenvalue weighted by atomic mass is 10.1. The molecule has 0 bridgehead atoms. The first-order valence-electron chi connectivity index (χ1n) is 7.60. The van der Waals surface area contributed by atoms with Gasteiger partial charge in [-0.2, -0.15) is 0 Å². The monoisotopic (exact) mass is 314 g/mol. The molecular formula is C17H27ClO3. The molecule has 0 saturated carbocycles. The van der Waals surface area contributed by atoms with Gasteiger partial charge in [0.1, 0.15) is 0 Å². The molecule has 120 valence electrons. The van der Waals surface area contributed by atoms with Crippen molar-refractivity contribution in [1.82, 2.24) is 0 Å². The summed E-state index contributed by atoms with van der Waals surface area (Å²) in [6, 6.07) is 9.75. The summed E-state index contributed by atoms with van der Waals surface area (Å²) < 4.78 is 4.70. The normalized spacial score (nSPS) is 11.2. The molecule has 0 aliphatic carbocycles. The second-order valence-corrected chi connectivity index (χ2v) is 5.07. The van der Waals surface area contributed by atoms with Gasteiger partial charge in [0.2, 0.25) is 0 Å². The number of aliphatic hydroxyl groups excluding tert-OH is 1. The van der Waals surface area contributed by atoms with Crippen LogP contribution in [-0.4, -0.2) is 29.7 Å². The molecular weight excluding hydrogens is 288 g/mol. The molecule has 21 heavy (non-hydrogen) atoms. The molecule has 1 aromatic rings. The fourth-order valence-corrected chi connectivity index (χ4v) is 1.84. The topological polar surface area (TPSA) is 46.5 Å². The molecule has 0 aromatic heterocycles. The molecule has 3 nitrogen and oxygen atoms in total. The largest absolute Gasteiger partial charge is 0.464 e. The highest BCUT2D eigenvalue weighted by molar-refractivity contribution is 6.17. The highest BCUT2D eigenvalue weighted by atomic mass is 35.5. The number of carbonyl (C=O) groups excluding carboxylic acids is 1. The molecule has 1 N–H and O–H groups in total. The number of aryl methyl sites for hydroxylation is 1. The number of hydrogen-bond acceptors (Lipinski definition) is 3. The minimum Gasteiger partial charge on any atom is -0.464 e. The molecule has 0 fully saturated rings. The first kappa shape index (κ1) is 19.9. The molecule has 1 aromatic carbocycles. The van der Waals surface area contributed by atoms with Crippen LogP contribution in [0.2, 0.25) is 0 Å². The van der Waals surface area contributed by atoms with E-state index in [9.17, 15) is 9.90 Å². The fraction of sp³-hybridized carbons (Fsp3) is 0.588. The van der Waals surface area contributed by atoms with Gasteiger partial charge in [-0.05, 0) is 31.7 Å². The van der Waals surface area contributed by atoms with Crippen LogP contribution in [0.4, 0.5) is 0 Å². The van der Waals surface area contributed by atoms with Crippen LogP contribution in [0, 0.1) is 0 Å². The lowest BCUT2D eigenvalue weighted by Crippen LogP contribution is -2.23. The number of carbonyl (C=O) groups is 1. The molecule has 0 amide bonds. The van der Waals surface area contributed by atoms with Crippen molar-refractivity contribution in [2.75, 3.05) is 12.5 Å². The van der Waals surface area contributed by atoms with Crippen molar-refractivity contribution in [2.24, 2.45) is 0 Å². The summed E-state index contributed by atoms with van der Waals surface area (Å²) in [4.78, 5) is 11.1. The third-order valence-corrected chi connectivity index (χ3v) is 3.11. The number of aliphatic hydroxyl groups is 1. The Morgan fingerprint density at radius 2 is 1.90 bits per heavy atom. The van der Waals surface area contributed by atoms with Crippen LogP contribution in [0.5, 0.6) is 0 Å². The first-order valence-corrected chi connectivity index (χ1v) is 8.13. The average molecular weight is 315 g/mol. The zero-order valence-electron chi connectivity index (χ0n) is 13.1. The van der Waals surface area contributed by atoms with E-state index in [-0.39, 0.29) is 0 Å². The van der Waals surface area contributed by atoms with Gasteiger partial charge in [0.15, 0.2) is 6.10 Å². The van der Waals surface area contributed by atoms with Crippen LogP contribution in [0.1, 0.15) is 45.1 Å². The SMILES string of the molecule is CCCCCCl.CCOC(=O)C(O)CCc1ccccc1. The minimum atomic E-state index is -1.01. The van der Waals surface area contributed by atoms with E-state index in [1.54, 1.807) is 6.92 Å². The lowest BCUT2D eigenvalue weighted by molar-refractivity contribution is -0.153. The molecule has 1 unspecified atom stereocenters. The van der Waals surface area contributed by atoms with Crippen molar-refractivity contribution < 1.29 is 14.6 Å². The van der Waals surface area contributed by atoms with Gasteiger partial charge in [-0.25, -0.2) is 4.79 Å². The molecule has 0 heterocycles. The number of unbranched alkanes of at least 4 members (excludes halogenated alkanes) is 2. The van der Waals surface area contributed by atoms with E-state index in [0.717, 1.165) is 11.4 Å². The zero-order valence-corrected chi connectivity index (χ0v) is 13.8. The predicted octanol–water partition coefficient (Wildman–Crippen LogP) is 3.96. The zero-order chi connectivity index (χ0) is 15.9. The van der Waals surface area contributed by atoms with E-state index in [1.165, 1.54) is 19.3 Å². The number of hydrogen-bond donors (Lipinski definition) is 1. The quantitative estimate of drug-likeness (QED) is 0.449. The van der Waals surface area contributed by atoms with Crippen molar-refractivity contribution in [3.8, 4) is 0 Å². The highest BCUT2D eigenvalue weighted by Crippen LogP contribution is 2.05. The number of rotatable bonds is 8. The van der Waals surface area contributed by atoms with Crippen LogP contribution in [0.3, 0.4) is 0 Å². The van der Waals surface area contributed by atoms with E-state index >= 15 is 0 Å². The van der Waals surface area contributed by atoms with Gasteiger partial charge in [-0.1, -0.05) is 50.1 Å². The van der Waals surface area contributed by atoms with Crippen LogP contribution >= 0.6 is 11.6 Å². The second-order valence-electron chi connectivity index (χ2n) is 4.69. The van der Waals surface area contributed by atoms with E-state index in [1.807, 2.05) is 30.3 Å². The van der Waals surface area contributed by atoms with Gasteiger partial charge in [-0.3, -0.25) is 0 Å². The summed E-state index contributed by atoms with van der Waals surface area (Å²) in [5.41, 5.74) is 1.11. The van der Waals surface area contributed by atoms with Gasteiger partial charge in [-0.15, -0.1) is 11.6 Å². The highest BCUT2D eigenvalue weighted by Gasteiger charge is 2.15. The minimum absolute atomic E-state index is 0.307. The summed E-state index contributed by atoms with van der Waals surface area (Å²) in [5, 5.41) is 9.44. The van der Waals surface area contributed by atoms with Crippen molar-refractivity contribution in [1.29, 1.82) is 0 Å². The Balaban J connectivity index is 0.000000567. The third kappa shape index (κ3) is 11.3. The van der Waals surface area contributed by atoms with Gasteiger partial charge in [0.25, 0.3) is 0 Å². The number of halogens is 1. The van der Waals surface area contributed by atoms with Crippen molar-refractivity contribution >= 4 is 17.6 Å². The van der Waals surface area contributed by atoms with E-state index < -0.39 is 12.1 Å². The Bertz CT molecular complexity index is 350. The predicted molar refractivity (Wildman–Crippen MR) is 87.6 cm³/mol. The summed E-state index contributed by atoms with van der Waals surface area (Å²) in [6.07, 6.45) is 3.81. The van der Waals surface area contributed by atoms with E-state index in [4.69, 9.17) is 16.3 Å². The number of alkyl halides is 1. The Morgan fingerprint density at radius 1 is 1.24 bits per heavy atom. The maximum absolute atomic E-state index is 11.1. The number of esters is 1.